The first-order valence-electron chi connectivity index (χ1n) is 5.11. The summed E-state index contributed by atoms with van der Waals surface area (Å²) in [5, 5.41) is 10.3. The molecule has 2 aromatic heterocycles. The van der Waals surface area contributed by atoms with Gasteiger partial charge in [-0.15, -0.1) is 0 Å². The Morgan fingerprint density at radius 1 is 1.28 bits per heavy atom. The van der Waals surface area contributed by atoms with Gasteiger partial charge < -0.3 is 9.84 Å². The van der Waals surface area contributed by atoms with Gasteiger partial charge in [0.25, 0.3) is 0 Å². The van der Waals surface area contributed by atoms with E-state index in [1.807, 2.05) is 6.07 Å². The smallest absolute Gasteiger partial charge is 0.143 e. The number of hydrogen-bond donors (Lipinski definition) is 1. The van der Waals surface area contributed by atoms with Crippen molar-refractivity contribution in [2.75, 3.05) is 7.11 Å². The van der Waals surface area contributed by atoms with Crippen LogP contribution in [0.1, 0.15) is 17.5 Å². The quantitative estimate of drug-likeness (QED) is 0.898. The van der Waals surface area contributed by atoms with Gasteiger partial charge in [-0.1, -0.05) is 0 Å². The predicted octanol–water partition coefficient (Wildman–Crippen LogP) is 3.09. The fourth-order valence-electron chi connectivity index (χ4n) is 1.54. The fourth-order valence-corrected chi connectivity index (χ4v) is 2.74. The van der Waals surface area contributed by atoms with E-state index in [9.17, 15) is 5.11 Å². The number of nitrogens with zero attached hydrogens (tertiary/aromatic N) is 2. The Hall–Kier alpha value is -0.980. The number of rotatable bonds is 3. The van der Waals surface area contributed by atoms with Gasteiger partial charge in [0.2, 0.25) is 0 Å². The zero-order valence-corrected chi connectivity index (χ0v) is 12.6. The molecule has 0 aliphatic rings. The molecule has 2 aromatic rings. The van der Waals surface area contributed by atoms with Crippen molar-refractivity contribution in [3.63, 3.8) is 0 Å². The van der Waals surface area contributed by atoms with Crippen LogP contribution in [0.4, 0.5) is 0 Å². The number of aromatic nitrogens is 2. The van der Waals surface area contributed by atoms with Crippen LogP contribution in [0.15, 0.2) is 39.5 Å². The zero-order chi connectivity index (χ0) is 13.1. The normalized spacial score (nSPS) is 12.2. The number of aliphatic hydroxyl groups is 1. The fraction of sp³-hybridized carbons (Fsp3) is 0.167. The maximum absolute atomic E-state index is 10.3. The van der Waals surface area contributed by atoms with Crippen LogP contribution < -0.4 is 4.74 Å². The van der Waals surface area contributed by atoms with Crippen LogP contribution in [0.25, 0.3) is 0 Å². The molecule has 0 spiro atoms. The van der Waals surface area contributed by atoms with Crippen molar-refractivity contribution in [3.05, 3.63) is 50.9 Å². The number of aliphatic hydroxyl groups excluding tert-OH is 1. The molecule has 0 saturated carbocycles. The summed E-state index contributed by atoms with van der Waals surface area (Å²) in [6.45, 7) is 0. The van der Waals surface area contributed by atoms with Gasteiger partial charge in [0.05, 0.1) is 12.8 Å². The minimum Gasteiger partial charge on any atom is -0.495 e. The summed E-state index contributed by atoms with van der Waals surface area (Å²) >= 11 is 6.69. The Morgan fingerprint density at radius 2 is 2.06 bits per heavy atom. The molecule has 0 aliphatic heterocycles. The lowest BCUT2D eigenvalue weighted by atomic mass is 10.1. The van der Waals surface area contributed by atoms with E-state index in [2.05, 4.69) is 41.8 Å². The zero-order valence-electron chi connectivity index (χ0n) is 9.47. The van der Waals surface area contributed by atoms with Crippen molar-refractivity contribution in [1.82, 2.24) is 9.97 Å². The lowest BCUT2D eigenvalue weighted by Gasteiger charge is -2.14. The van der Waals surface area contributed by atoms with Crippen LogP contribution in [0.2, 0.25) is 0 Å². The lowest BCUT2D eigenvalue weighted by molar-refractivity contribution is 0.203. The summed E-state index contributed by atoms with van der Waals surface area (Å²) in [7, 11) is 1.54. The van der Waals surface area contributed by atoms with E-state index < -0.39 is 6.10 Å². The molecule has 0 amide bonds. The summed E-state index contributed by atoms with van der Waals surface area (Å²) < 4.78 is 6.71. The van der Waals surface area contributed by atoms with E-state index in [0.29, 0.717) is 21.6 Å². The average molecular weight is 374 g/mol. The molecule has 2 rings (SSSR count). The molecule has 1 atom stereocenters. The van der Waals surface area contributed by atoms with Gasteiger partial charge in [-0.3, -0.25) is 9.97 Å². The first kappa shape index (κ1) is 13.5. The second kappa shape index (κ2) is 5.77. The van der Waals surface area contributed by atoms with Crippen LogP contribution in [-0.4, -0.2) is 22.2 Å². The molecule has 94 valence electrons. The minimum atomic E-state index is -0.941. The molecule has 18 heavy (non-hydrogen) atoms. The van der Waals surface area contributed by atoms with E-state index >= 15 is 0 Å². The largest absolute Gasteiger partial charge is 0.495 e. The van der Waals surface area contributed by atoms with Gasteiger partial charge in [0, 0.05) is 21.3 Å². The van der Waals surface area contributed by atoms with Crippen molar-refractivity contribution in [2.45, 2.75) is 6.10 Å². The molecule has 4 nitrogen and oxygen atoms in total. The van der Waals surface area contributed by atoms with Crippen LogP contribution >= 0.6 is 31.9 Å². The molecule has 0 aliphatic carbocycles. The molecule has 0 fully saturated rings. The minimum absolute atomic E-state index is 0.440. The van der Waals surface area contributed by atoms with E-state index in [-0.39, 0.29) is 0 Å². The Balaban J connectivity index is 2.44. The third kappa shape index (κ3) is 2.71. The SMILES string of the molecule is COc1cccnc1C(O)c1ncc(Br)cc1Br. The highest BCUT2D eigenvalue weighted by atomic mass is 79.9. The number of halogens is 2. The maximum Gasteiger partial charge on any atom is 0.143 e. The average Bonchev–Trinajstić information content (AvgIpc) is 2.38. The van der Waals surface area contributed by atoms with E-state index in [0.717, 1.165) is 4.47 Å². The Kier molecular flexibility index (Phi) is 4.31. The predicted molar refractivity (Wildman–Crippen MR) is 74.5 cm³/mol. The van der Waals surface area contributed by atoms with Gasteiger partial charge in [-0.05, 0) is 50.1 Å². The van der Waals surface area contributed by atoms with Crippen molar-refractivity contribution in [3.8, 4) is 5.75 Å². The molecule has 1 N–H and O–H groups in total. The van der Waals surface area contributed by atoms with E-state index in [4.69, 9.17) is 4.74 Å². The summed E-state index contributed by atoms with van der Waals surface area (Å²) in [6.07, 6.45) is 2.29. The first-order chi connectivity index (χ1) is 8.63. The summed E-state index contributed by atoms with van der Waals surface area (Å²) in [5.41, 5.74) is 0.936. The highest BCUT2D eigenvalue weighted by Crippen LogP contribution is 2.31. The first-order valence-corrected chi connectivity index (χ1v) is 6.70. The highest BCUT2D eigenvalue weighted by molar-refractivity contribution is 9.11. The number of ether oxygens (including phenoxy) is 1. The molecule has 6 heteroatoms. The van der Waals surface area contributed by atoms with Crippen molar-refractivity contribution in [2.24, 2.45) is 0 Å². The van der Waals surface area contributed by atoms with Crippen LogP contribution in [0.3, 0.4) is 0 Å². The van der Waals surface area contributed by atoms with Gasteiger partial charge >= 0.3 is 0 Å². The molecule has 0 bridgehead atoms. The van der Waals surface area contributed by atoms with E-state index in [1.165, 1.54) is 7.11 Å². The Labute approximate surface area is 121 Å². The van der Waals surface area contributed by atoms with Gasteiger partial charge in [0.15, 0.2) is 0 Å². The molecular weight excluding hydrogens is 364 g/mol. The van der Waals surface area contributed by atoms with Crippen molar-refractivity contribution in [1.29, 1.82) is 0 Å². The Bertz CT molecular complexity index is 564. The van der Waals surface area contributed by atoms with Crippen LogP contribution in [0.5, 0.6) is 5.75 Å². The van der Waals surface area contributed by atoms with Gasteiger partial charge in [-0.2, -0.15) is 0 Å². The lowest BCUT2D eigenvalue weighted by Crippen LogP contribution is -2.07. The van der Waals surface area contributed by atoms with Crippen molar-refractivity contribution >= 4 is 31.9 Å². The highest BCUT2D eigenvalue weighted by Gasteiger charge is 2.20. The number of hydrogen-bond acceptors (Lipinski definition) is 4. The summed E-state index contributed by atoms with van der Waals surface area (Å²) in [4.78, 5) is 8.33. The second-order valence-electron chi connectivity index (χ2n) is 3.51. The monoisotopic (exact) mass is 372 g/mol. The molecule has 0 saturated heterocycles. The third-order valence-electron chi connectivity index (χ3n) is 2.37. The van der Waals surface area contributed by atoms with Crippen molar-refractivity contribution < 1.29 is 9.84 Å². The van der Waals surface area contributed by atoms with Gasteiger partial charge in [0.1, 0.15) is 17.5 Å². The molecule has 1 unspecified atom stereocenters. The Morgan fingerprint density at radius 3 is 2.72 bits per heavy atom. The topological polar surface area (TPSA) is 55.2 Å². The van der Waals surface area contributed by atoms with Gasteiger partial charge in [-0.25, -0.2) is 0 Å². The van der Waals surface area contributed by atoms with Crippen LogP contribution in [0, 0.1) is 0 Å². The molecule has 2 heterocycles. The standard InChI is InChI=1S/C12H10Br2N2O2/c1-18-9-3-2-4-15-11(9)12(17)10-8(14)5-7(13)6-16-10/h2-6,12,17H,1H3. The second-order valence-corrected chi connectivity index (χ2v) is 5.28. The summed E-state index contributed by atoms with van der Waals surface area (Å²) in [6, 6.07) is 5.32. The number of methoxy groups -OCH3 is 1. The van der Waals surface area contributed by atoms with Crippen LogP contribution in [-0.2, 0) is 0 Å². The third-order valence-corrected chi connectivity index (χ3v) is 3.44. The molecule has 0 aromatic carbocycles. The number of pyridine rings is 2. The maximum atomic E-state index is 10.3. The summed E-state index contributed by atoms with van der Waals surface area (Å²) in [5.74, 6) is 0.529. The molecule has 0 radical (unpaired) electrons. The van der Waals surface area contributed by atoms with E-state index in [1.54, 1.807) is 24.5 Å². The molecular formula is C12H10Br2N2O2.